The molecule has 22 valence electrons. The van der Waals surface area contributed by atoms with Crippen LogP contribution in [0.5, 0.6) is 0 Å². The van der Waals surface area contributed by atoms with Gasteiger partial charge < -0.3 is 24.9 Å². The van der Waals surface area contributed by atoms with Gasteiger partial charge in [-0.3, -0.25) is 0 Å². The van der Waals surface area contributed by atoms with Crippen LogP contribution >= 0.6 is 0 Å². The number of rotatable bonds is 0. The summed E-state index contributed by atoms with van der Waals surface area (Å²) in [4.78, 5) is 0. The molecule has 0 atom stereocenters. The van der Waals surface area contributed by atoms with E-state index in [9.17, 15) is 0 Å². The van der Waals surface area contributed by atoms with Crippen molar-refractivity contribution in [3.05, 3.63) is 7.43 Å². The first-order valence-corrected chi connectivity index (χ1v) is 0.548. The normalized spacial score (nSPS) is 1.50. The Balaban J connectivity index is -0.00000000500. The number of hydrogen-bond acceptors (Lipinski definition) is 2. The van der Waals surface area contributed by atoms with E-state index in [0.717, 1.165) is 0 Å². The van der Waals surface area contributed by atoms with Gasteiger partial charge in [-0.15, -0.1) is 0 Å². The molecule has 4 heavy (non-hydrogen) atoms. The molecule has 0 saturated carbocycles. The van der Waals surface area contributed by atoms with Crippen molar-refractivity contribution in [2.24, 2.45) is 0 Å². The molecule has 0 spiro atoms. The molecule has 0 saturated heterocycles. The molecule has 0 amide bonds. The Morgan fingerprint density at radius 3 is 1.25 bits per heavy atom. The predicted molar refractivity (Wildman–Crippen MR) is 22.2 cm³/mol. The van der Waals surface area contributed by atoms with E-state index in [0.29, 0.717) is 0 Å². The second-order valence-electron chi connectivity index (χ2n) is 0. The molecule has 0 aliphatic rings. The van der Waals surface area contributed by atoms with Crippen molar-refractivity contribution in [3.8, 4) is 0 Å². The van der Waals surface area contributed by atoms with E-state index in [4.69, 9.17) is 4.55 Å². The third kappa shape index (κ3) is 9.21. The van der Waals surface area contributed by atoms with Gasteiger partial charge in [0.2, 0.25) is 0 Å². The van der Waals surface area contributed by atoms with Gasteiger partial charge in [-0.1, -0.05) is 0 Å². The van der Waals surface area contributed by atoms with Crippen LogP contribution in [0.15, 0.2) is 0 Å². The van der Waals surface area contributed by atoms with Gasteiger partial charge in [-0.25, -0.2) is 0 Å². The van der Waals surface area contributed by atoms with Crippen LogP contribution in [0.25, 0.3) is 0 Å². The molecule has 0 aromatic heterocycles. The van der Waals surface area contributed by atoms with Gasteiger partial charge in [-0.05, 0) is 0 Å². The van der Waals surface area contributed by atoms with E-state index >= 15 is 0 Å². The van der Waals surface area contributed by atoms with Crippen molar-refractivity contribution in [3.63, 3.8) is 0 Å². The summed E-state index contributed by atoms with van der Waals surface area (Å²) in [6.07, 6.45) is 0. The quantitative estimate of drug-likeness (QED) is 0.301. The van der Waals surface area contributed by atoms with Gasteiger partial charge in [0.05, 0.1) is 0 Å². The summed E-state index contributed by atoms with van der Waals surface area (Å²) in [7, 11) is 0. The van der Waals surface area contributed by atoms with Crippen molar-refractivity contribution in [1.29, 1.82) is 0 Å². The van der Waals surface area contributed by atoms with Crippen LogP contribution < -0.4 is 0 Å². The third-order valence-corrected chi connectivity index (χ3v) is 0. The van der Waals surface area contributed by atoms with Gasteiger partial charge in [0.25, 0.3) is 0 Å². The van der Waals surface area contributed by atoms with E-state index in [1.54, 1.807) is 0 Å². The fraction of sp³-hybridized carbons (Fsp3) is 0. The monoisotopic (exact) mass is 152 g/mol. The minimum Gasteiger partial charge on any atom is -0.628 e. The van der Waals surface area contributed by atoms with Crippen LogP contribution in [0.1, 0.15) is 0 Å². The molecular formula is CH4OSSr. The summed E-state index contributed by atoms with van der Waals surface area (Å²) in [5.41, 5.74) is 0. The molecule has 0 fully saturated rings. The Morgan fingerprint density at radius 1 is 1.25 bits per heavy atom. The van der Waals surface area contributed by atoms with E-state index in [1.807, 2.05) is 0 Å². The van der Waals surface area contributed by atoms with E-state index in [1.165, 1.54) is 0 Å². The van der Waals surface area contributed by atoms with Crippen molar-refractivity contribution in [1.82, 2.24) is 0 Å². The fourth-order valence-electron chi connectivity index (χ4n) is 0. The molecule has 1 N–H and O–H groups in total. The summed E-state index contributed by atoms with van der Waals surface area (Å²) in [5.74, 6) is 0. The maximum absolute atomic E-state index is 6.58. The SMILES string of the molecule is O[S-].[CH3-].[Sr+2]. The first-order chi connectivity index (χ1) is 1.00. The first-order valence-electron chi connectivity index (χ1n) is 0.183. The summed E-state index contributed by atoms with van der Waals surface area (Å²) in [5, 5.41) is 0. The Bertz CT molecular complexity index is 8.00. The van der Waals surface area contributed by atoms with Gasteiger partial charge in [0, 0.05) is 0 Å². The number of hydrogen-bond donors (Lipinski definition) is 1. The van der Waals surface area contributed by atoms with Gasteiger partial charge in [-0.2, -0.15) is 0 Å². The standard InChI is InChI=1S/CH3.H2OS.Sr/c;1-2;/h1H3;1-2H;/q-1;;+2/p-1. The molecule has 0 radical (unpaired) electrons. The summed E-state index contributed by atoms with van der Waals surface area (Å²) in [6.45, 7) is 0. The van der Waals surface area contributed by atoms with Crippen molar-refractivity contribution >= 4 is 58.4 Å². The van der Waals surface area contributed by atoms with Crippen LogP contribution in [0.4, 0.5) is 0 Å². The third-order valence-electron chi connectivity index (χ3n) is 0. The van der Waals surface area contributed by atoms with Crippen LogP contribution in [0, 0.1) is 7.43 Å². The molecule has 0 aliphatic carbocycles. The maximum Gasteiger partial charge on any atom is 2.00 e. The van der Waals surface area contributed by atoms with Gasteiger partial charge >= 0.3 is 45.5 Å². The van der Waals surface area contributed by atoms with Crippen molar-refractivity contribution in [2.45, 2.75) is 0 Å². The molecule has 1 nitrogen and oxygen atoms in total. The minimum absolute atomic E-state index is 0. The van der Waals surface area contributed by atoms with Gasteiger partial charge in [0.1, 0.15) is 0 Å². The Hall–Kier alpha value is 1.79. The smallest absolute Gasteiger partial charge is 0.628 e. The van der Waals surface area contributed by atoms with Crippen molar-refractivity contribution in [2.75, 3.05) is 0 Å². The zero-order chi connectivity index (χ0) is 2.00. The minimum atomic E-state index is 0. The zero-order valence-corrected chi connectivity index (χ0v) is 6.86. The molecule has 0 rings (SSSR count). The average molecular weight is 152 g/mol. The summed E-state index contributed by atoms with van der Waals surface area (Å²) < 4.78 is 6.58. The summed E-state index contributed by atoms with van der Waals surface area (Å²) >= 11 is 3.08. The second kappa shape index (κ2) is 21.5. The second-order valence-corrected chi connectivity index (χ2v) is 0. The molecule has 0 unspecified atom stereocenters. The Kier molecular flexibility index (Phi) is 91.6. The van der Waals surface area contributed by atoms with Crippen LogP contribution in [0.3, 0.4) is 0 Å². The molecule has 0 bridgehead atoms. The average Bonchev–Trinajstić information content (AvgIpc) is 1.00. The van der Waals surface area contributed by atoms with Crippen molar-refractivity contribution < 1.29 is 4.55 Å². The zero-order valence-electron chi connectivity index (χ0n) is 2.56. The largest absolute Gasteiger partial charge is 2.00 e. The Labute approximate surface area is 69.3 Å². The van der Waals surface area contributed by atoms with Crippen LogP contribution in [-0.4, -0.2) is 50.0 Å². The summed E-state index contributed by atoms with van der Waals surface area (Å²) in [6, 6.07) is 0. The Morgan fingerprint density at radius 2 is 1.25 bits per heavy atom. The topological polar surface area (TPSA) is 20.2 Å². The van der Waals surface area contributed by atoms with E-state index < -0.39 is 0 Å². The van der Waals surface area contributed by atoms with Gasteiger partial charge in [0.15, 0.2) is 0 Å². The molecular weight excluding hydrogens is 148 g/mol. The molecule has 0 aromatic rings. The van der Waals surface area contributed by atoms with Crippen LogP contribution in [0.2, 0.25) is 0 Å². The van der Waals surface area contributed by atoms with E-state index in [2.05, 4.69) is 12.9 Å². The maximum atomic E-state index is 6.58. The first kappa shape index (κ1) is 17.1. The van der Waals surface area contributed by atoms with E-state index in [-0.39, 0.29) is 52.9 Å². The molecule has 0 aromatic carbocycles. The fourth-order valence-corrected chi connectivity index (χ4v) is 0. The molecule has 0 aliphatic heterocycles. The molecule has 0 heterocycles. The molecule has 3 heteroatoms. The van der Waals surface area contributed by atoms with Crippen LogP contribution in [-0.2, 0) is 12.9 Å². The predicted octanol–water partition coefficient (Wildman–Crippen LogP) is 0.0758.